The zero-order valence-electron chi connectivity index (χ0n) is 11.4. The first kappa shape index (κ1) is 14.0. The molecule has 4 heteroatoms. The van der Waals surface area contributed by atoms with Crippen LogP contribution in [-0.2, 0) is 13.0 Å². The standard InChI is InChI=1S/C15H22N2O2/c1-11(4-3-9-18)17-15(19)14-6-2-5-12-10-16-8-7-13(12)14/h2,5-6,11,16,18H,3-4,7-10H2,1H3,(H,17,19). The molecular weight excluding hydrogens is 240 g/mol. The second kappa shape index (κ2) is 6.68. The molecule has 19 heavy (non-hydrogen) atoms. The van der Waals surface area contributed by atoms with Gasteiger partial charge < -0.3 is 15.7 Å². The molecule has 0 saturated carbocycles. The summed E-state index contributed by atoms with van der Waals surface area (Å²) in [7, 11) is 0. The number of hydrogen-bond donors (Lipinski definition) is 3. The molecule has 1 atom stereocenters. The van der Waals surface area contributed by atoms with E-state index in [1.807, 2.05) is 19.1 Å². The van der Waals surface area contributed by atoms with Crippen LogP contribution in [0.25, 0.3) is 0 Å². The zero-order valence-corrected chi connectivity index (χ0v) is 11.4. The average molecular weight is 262 g/mol. The van der Waals surface area contributed by atoms with Crippen molar-refractivity contribution in [3.05, 3.63) is 34.9 Å². The summed E-state index contributed by atoms with van der Waals surface area (Å²) in [6.07, 6.45) is 2.43. The highest BCUT2D eigenvalue weighted by atomic mass is 16.3. The lowest BCUT2D eigenvalue weighted by Gasteiger charge is -2.21. The summed E-state index contributed by atoms with van der Waals surface area (Å²) in [6, 6.07) is 6.02. The first-order valence-electron chi connectivity index (χ1n) is 6.95. The van der Waals surface area contributed by atoms with Crippen molar-refractivity contribution in [3.63, 3.8) is 0 Å². The molecule has 104 valence electrons. The maximum Gasteiger partial charge on any atom is 0.251 e. The van der Waals surface area contributed by atoms with Crippen molar-refractivity contribution in [2.24, 2.45) is 0 Å². The number of fused-ring (bicyclic) bond motifs is 1. The third kappa shape index (κ3) is 3.55. The van der Waals surface area contributed by atoms with Crippen LogP contribution in [0.15, 0.2) is 18.2 Å². The van der Waals surface area contributed by atoms with Gasteiger partial charge in [-0.1, -0.05) is 12.1 Å². The second-order valence-corrected chi connectivity index (χ2v) is 5.11. The second-order valence-electron chi connectivity index (χ2n) is 5.11. The Morgan fingerprint density at radius 1 is 1.53 bits per heavy atom. The van der Waals surface area contributed by atoms with E-state index < -0.39 is 0 Å². The van der Waals surface area contributed by atoms with Gasteiger partial charge >= 0.3 is 0 Å². The number of amides is 1. The van der Waals surface area contributed by atoms with Gasteiger partial charge in [-0.25, -0.2) is 0 Å². The van der Waals surface area contributed by atoms with Crippen LogP contribution in [0.1, 0.15) is 41.3 Å². The van der Waals surface area contributed by atoms with E-state index in [0.717, 1.165) is 37.9 Å². The van der Waals surface area contributed by atoms with Crippen LogP contribution in [0.5, 0.6) is 0 Å². The molecule has 1 amide bonds. The fraction of sp³-hybridized carbons (Fsp3) is 0.533. The summed E-state index contributed by atoms with van der Waals surface area (Å²) in [5.41, 5.74) is 3.20. The topological polar surface area (TPSA) is 61.4 Å². The number of benzene rings is 1. The minimum absolute atomic E-state index is 0.00388. The normalized spacial score (nSPS) is 15.7. The van der Waals surface area contributed by atoms with Gasteiger partial charge in [0.1, 0.15) is 0 Å². The quantitative estimate of drug-likeness (QED) is 0.748. The van der Waals surface area contributed by atoms with Crippen molar-refractivity contribution in [1.29, 1.82) is 0 Å². The molecule has 0 bridgehead atoms. The molecule has 1 unspecified atom stereocenters. The van der Waals surface area contributed by atoms with Gasteiger partial charge in [-0.05, 0) is 49.9 Å². The average Bonchev–Trinajstić information content (AvgIpc) is 2.44. The van der Waals surface area contributed by atoms with Crippen LogP contribution in [0.2, 0.25) is 0 Å². The highest BCUT2D eigenvalue weighted by Gasteiger charge is 2.18. The van der Waals surface area contributed by atoms with Crippen molar-refractivity contribution >= 4 is 5.91 Å². The van der Waals surface area contributed by atoms with Gasteiger partial charge in [-0.2, -0.15) is 0 Å². The Kier molecular flexibility index (Phi) is 4.93. The molecule has 0 aliphatic carbocycles. The third-order valence-electron chi connectivity index (χ3n) is 3.56. The van der Waals surface area contributed by atoms with Gasteiger partial charge in [0, 0.05) is 24.8 Å². The molecule has 0 saturated heterocycles. The Morgan fingerprint density at radius 2 is 2.37 bits per heavy atom. The van der Waals surface area contributed by atoms with E-state index in [-0.39, 0.29) is 18.6 Å². The summed E-state index contributed by atoms with van der Waals surface area (Å²) in [5.74, 6) is 0.00388. The minimum Gasteiger partial charge on any atom is -0.396 e. The summed E-state index contributed by atoms with van der Waals surface area (Å²) in [4.78, 5) is 12.3. The number of hydrogen-bond acceptors (Lipinski definition) is 3. The van der Waals surface area contributed by atoms with Gasteiger partial charge in [0.05, 0.1) is 0 Å². The van der Waals surface area contributed by atoms with Gasteiger partial charge in [0.25, 0.3) is 5.91 Å². The van der Waals surface area contributed by atoms with Crippen LogP contribution in [0.4, 0.5) is 0 Å². The molecule has 1 aromatic rings. The fourth-order valence-electron chi connectivity index (χ4n) is 2.52. The summed E-state index contributed by atoms with van der Waals surface area (Å²) in [6.45, 7) is 3.92. The maximum absolute atomic E-state index is 12.3. The van der Waals surface area contributed by atoms with Crippen molar-refractivity contribution in [1.82, 2.24) is 10.6 Å². The largest absolute Gasteiger partial charge is 0.396 e. The van der Waals surface area contributed by atoms with E-state index in [4.69, 9.17) is 5.11 Å². The predicted molar refractivity (Wildman–Crippen MR) is 75.1 cm³/mol. The molecule has 4 nitrogen and oxygen atoms in total. The minimum atomic E-state index is 0.00388. The van der Waals surface area contributed by atoms with E-state index >= 15 is 0 Å². The first-order chi connectivity index (χ1) is 9.22. The Balaban J connectivity index is 2.07. The van der Waals surface area contributed by atoms with Gasteiger partial charge in [-0.3, -0.25) is 4.79 Å². The van der Waals surface area contributed by atoms with E-state index in [0.29, 0.717) is 0 Å². The molecule has 1 aliphatic heterocycles. The number of carbonyl (C=O) groups excluding carboxylic acids is 1. The number of aliphatic hydroxyl groups is 1. The molecule has 0 fully saturated rings. The van der Waals surface area contributed by atoms with Crippen molar-refractivity contribution < 1.29 is 9.90 Å². The Labute approximate surface area is 114 Å². The molecular formula is C15H22N2O2. The fourth-order valence-corrected chi connectivity index (χ4v) is 2.52. The van der Waals surface area contributed by atoms with Crippen LogP contribution >= 0.6 is 0 Å². The predicted octanol–water partition coefficient (Wildman–Crippen LogP) is 1.22. The lowest BCUT2D eigenvalue weighted by Crippen LogP contribution is -2.34. The van der Waals surface area contributed by atoms with E-state index in [2.05, 4.69) is 16.7 Å². The Morgan fingerprint density at radius 3 is 3.16 bits per heavy atom. The molecule has 0 spiro atoms. The lowest BCUT2D eigenvalue weighted by molar-refractivity contribution is 0.0935. The molecule has 0 radical (unpaired) electrons. The highest BCUT2D eigenvalue weighted by molar-refractivity contribution is 5.96. The number of rotatable bonds is 5. The molecule has 0 aromatic heterocycles. The SMILES string of the molecule is CC(CCCO)NC(=O)c1cccc2c1CCNC2. The highest BCUT2D eigenvalue weighted by Crippen LogP contribution is 2.18. The third-order valence-corrected chi connectivity index (χ3v) is 3.56. The lowest BCUT2D eigenvalue weighted by atomic mass is 9.95. The van der Waals surface area contributed by atoms with Gasteiger partial charge in [-0.15, -0.1) is 0 Å². The first-order valence-corrected chi connectivity index (χ1v) is 6.95. The monoisotopic (exact) mass is 262 g/mol. The molecule has 3 N–H and O–H groups in total. The molecule has 1 heterocycles. The van der Waals surface area contributed by atoms with Crippen molar-refractivity contribution in [2.75, 3.05) is 13.2 Å². The Hall–Kier alpha value is -1.39. The smallest absolute Gasteiger partial charge is 0.251 e. The maximum atomic E-state index is 12.3. The van der Waals surface area contributed by atoms with Crippen LogP contribution in [-0.4, -0.2) is 30.2 Å². The number of carbonyl (C=O) groups is 1. The Bertz CT molecular complexity index is 446. The molecule has 1 aromatic carbocycles. The zero-order chi connectivity index (χ0) is 13.7. The van der Waals surface area contributed by atoms with Crippen molar-refractivity contribution in [2.45, 2.75) is 38.8 Å². The number of aliphatic hydroxyl groups excluding tert-OH is 1. The van der Waals surface area contributed by atoms with Crippen molar-refractivity contribution in [3.8, 4) is 0 Å². The van der Waals surface area contributed by atoms with E-state index in [1.165, 1.54) is 11.1 Å². The van der Waals surface area contributed by atoms with Gasteiger partial charge in [0.2, 0.25) is 0 Å². The van der Waals surface area contributed by atoms with Gasteiger partial charge in [0.15, 0.2) is 0 Å². The summed E-state index contributed by atoms with van der Waals surface area (Å²) >= 11 is 0. The number of nitrogens with one attached hydrogen (secondary N) is 2. The molecule has 2 rings (SSSR count). The van der Waals surface area contributed by atoms with Crippen LogP contribution in [0, 0.1) is 0 Å². The van der Waals surface area contributed by atoms with E-state index in [9.17, 15) is 4.79 Å². The summed E-state index contributed by atoms with van der Waals surface area (Å²) < 4.78 is 0. The van der Waals surface area contributed by atoms with Crippen LogP contribution < -0.4 is 10.6 Å². The molecule has 1 aliphatic rings. The van der Waals surface area contributed by atoms with E-state index in [1.54, 1.807) is 0 Å². The summed E-state index contributed by atoms with van der Waals surface area (Å²) in [5, 5.41) is 15.1. The van der Waals surface area contributed by atoms with Crippen LogP contribution in [0.3, 0.4) is 0 Å².